The Bertz CT molecular complexity index is 973. The molecule has 6 nitrogen and oxygen atoms in total. The molecule has 0 N–H and O–H groups in total. The van der Waals surface area contributed by atoms with Gasteiger partial charge in [-0.1, -0.05) is 43.2 Å². The summed E-state index contributed by atoms with van der Waals surface area (Å²) in [6, 6.07) is 8.24. The number of hydrogen-bond acceptors (Lipinski definition) is 4. The van der Waals surface area contributed by atoms with Gasteiger partial charge in [-0.25, -0.2) is 9.36 Å². The number of nitriles is 1. The largest absolute Gasteiger partial charge is 0.364 e. The minimum atomic E-state index is -0.696. The van der Waals surface area contributed by atoms with Crippen LogP contribution in [0.25, 0.3) is 0 Å². The van der Waals surface area contributed by atoms with Gasteiger partial charge >= 0.3 is 5.69 Å². The summed E-state index contributed by atoms with van der Waals surface area (Å²) < 4.78 is 7.68. The van der Waals surface area contributed by atoms with E-state index >= 15 is 0 Å². The first-order valence-corrected chi connectivity index (χ1v) is 9.10. The molecular formula is C21H27N3O3. The van der Waals surface area contributed by atoms with E-state index in [1.54, 1.807) is 0 Å². The summed E-state index contributed by atoms with van der Waals surface area (Å²) >= 11 is 0. The summed E-state index contributed by atoms with van der Waals surface area (Å²) in [4.78, 5) is 26.0. The van der Waals surface area contributed by atoms with Crippen molar-refractivity contribution in [3.8, 4) is 6.07 Å². The molecule has 1 aromatic carbocycles. The number of aryl methyl sites for hydroxylation is 2. The topological polar surface area (TPSA) is 77.0 Å². The molecule has 2 aromatic rings. The highest BCUT2D eigenvalue weighted by Crippen LogP contribution is 2.29. The lowest BCUT2D eigenvalue weighted by Crippen LogP contribution is -2.44. The molecule has 144 valence electrons. The van der Waals surface area contributed by atoms with Crippen LogP contribution in [0.1, 0.15) is 60.6 Å². The standard InChI is InChI=1S/C21H27N3O3/c1-7-23-19(17(11-22)16-9-14(4)8-15(5)10-16)18(13(2)3)20(25)24(12-27-6)21(23)26/h8-10,13,17H,7,12H2,1-6H3. The van der Waals surface area contributed by atoms with Crippen LogP contribution in [0.3, 0.4) is 0 Å². The maximum Gasteiger partial charge on any atom is 0.333 e. The molecule has 1 heterocycles. The highest BCUT2D eigenvalue weighted by Gasteiger charge is 2.28. The van der Waals surface area contributed by atoms with Crippen molar-refractivity contribution in [1.82, 2.24) is 9.13 Å². The maximum absolute atomic E-state index is 13.1. The lowest BCUT2D eigenvalue weighted by atomic mass is 9.88. The van der Waals surface area contributed by atoms with Crippen LogP contribution < -0.4 is 11.2 Å². The van der Waals surface area contributed by atoms with Gasteiger partial charge in [-0.2, -0.15) is 5.26 Å². The molecule has 0 aliphatic heterocycles. The van der Waals surface area contributed by atoms with Crippen LogP contribution in [0.4, 0.5) is 0 Å². The summed E-state index contributed by atoms with van der Waals surface area (Å²) in [7, 11) is 1.44. The number of nitrogens with zero attached hydrogens (tertiary/aromatic N) is 3. The van der Waals surface area contributed by atoms with Crippen molar-refractivity contribution in [2.45, 2.75) is 59.7 Å². The predicted molar refractivity (Wildman–Crippen MR) is 105 cm³/mol. The first-order valence-electron chi connectivity index (χ1n) is 9.10. The zero-order valence-corrected chi connectivity index (χ0v) is 16.9. The van der Waals surface area contributed by atoms with E-state index in [-0.39, 0.29) is 18.2 Å². The molecule has 0 saturated heterocycles. The Morgan fingerprint density at radius 2 is 1.70 bits per heavy atom. The van der Waals surface area contributed by atoms with E-state index in [0.29, 0.717) is 17.8 Å². The van der Waals surface area contributed by atoms with E-state index < -0.39 is 11.6 Å². The van der Waals surface area contributed by atoms with Crippen LogP contribution in [0.15, 0.2) is 27.8 Å². The smallest absolute Gasteiger partial charge is 0.333 e. The fourth-order valence-corrected chi connectivity index (χ4v) is 3.61. The second kappa shape index (κ2) is 8.36. The molecule has 0 amide bonds. The van der Waals surface area contributed by atoms with Crippen LogP contribution in [-0.4, -0.2) is 16.2 Å². The van der Waals surface area contributed by atoms with Crippen molar-refractivity contribution >= 4 is 0 Å². The molecule has 0 aliphatic carbocycles. The van der Waals surface area contributed by atoms with Crippen molar-refractivity contribution < 1.29 is 4.74 Å². The monoisotopic (exact) mass is 369 g/mol. The van der Waals surface area contributed by atoms with Gasteiger partial charge in [0.25, 0.3) is 5.56 Å². The van der Waals surface area contributed by atoms with Gasteiger partial charge in [0.1, 0.15) is 12.6 Å². The molecular weight excluding hydrogens is 342 g/mol. The van der Waals surface area contributed by atoms with Gasteiger partial charge < -0.3 is 4.74 Å². The van der Waals surface area contributed by atoms with Crippen LogP contribution in [-0.2, 0) is 18.0 Å². The third kappa shape index (κ3) is 3.88. The molecule has 0 aliphatic rings. The van der Waals surface area contributed by atoms with Crippen molar-refractivity contribution in [3.05, 3.63) is 67.0 Å². The summed E-state index contributed by atoms with van der Waals surface area (Å²) in [5.41, 5.74) is 3.00. The molecule has 1 unspecified atom stereocenters. The van der Waals surface area contributed by atoms with Gasteiger partial charge in [0.05, 0.1) is 11.8 Å². The fourth-order valence-electron chi connectivity index (χ4n) is 3.61. The maximum atomic E-state index is 13.1. The minimum absolute atomic E-state index is 0.113. The van der Waals surface area contributed by atoms with E-state index in [1.165, 1.54) is 11.7 Å². The van der Waals surface area contributed by atoms with Crippen LogP contribution in [0.5, 0.6) is 0 Å². The lowest BCUT2D eigenvalue weighted by Gasteiger charge is -2.23. The highest BCUT2D eigenvalue weighted by molar-refractivity contribution is 5.42. The number of benzene rings is 1. The molecule has 27 heavy (non-hydrogen) atoms. The number of hydrogen-bond donors (Lipinski definition) is 0. The van der Waals surface area contributed by atoms with Gasteiger partial charge in [0.2, 0.25) is 0 Å². The Kier molecular flexibility index (Phi) is 6.40. The number of methoxy groups -OCH3 is 1. The predicted octanol–water partition coefficient (Wildman–Crippen LogP) is 3.03. The third-order valence-corrected chi connectivity index (χ3v) is 4.64. The second-order valence-electron chi connectivity index (χ2n) is 7.11. The Hall–Kier alpha value is -2.65. The Labute approximate surface area is 159 Å². The zero-order valence-electron chi connectivity index (χ0n) is 16.9. The Morgan fingerprint density at radius 3 is 2.15 bits per heavy atom. The molecule has 2 rings (SSSR count). The van der Waals surface area contributed by atoms with Crippen LogP contribution in [0.2, 0.25) is 0 Å². The molecule has 0 saturated carbocycles. The minimum Gasteiger partial charge on any atom is -0.364 e. The molecule has 0 fully saturated rings. The van der Waals surface area contributed by atoms with E-state index in [2.05, 4.69) is 6.07 Å². The highest BCUT2D eigenvalue weighted by atomic mass is 16.5. The van der Waals surface area contributed by atoms with E-state index in [0.717, 1.165) is 21.3 Å². The van der Waals surface area contributed by atoms with Gasteiger partial charge in [0.15, 0.2) is 0 Å². The molecule has 0 bridgehead atoms. The molecule has 1 aromatic heterocycles. The summed E-state index contributed by atoms with van der Waals surface area (Å²) in [6.45, 7) is 9.83. The molecule has 0 spiro atoms. The van der Waals surface area contributed by atoms with Gasteiger partial charge in [0, 0.05) is 19.2 Å². The van der Waals surface area contributed by atoms with Gasteiger partial charge in [-0.3, -0.25) is 9.36 Å². The molecule has 0 radical (unpaired) electrons. The van der Waals surface area contributed by atoms with Crippen LogP contribution in [0, 0.1) is 25.2 Å². The summed E-state index contributed by atoms with van der Waals surface area (Å²) in [5.74, 6) is -0.839. The van der Waals surface area contributed by atoms with Gasteiger partial charge in [-0.15, -0.1) is 0 Å². The average Bonchev–Trinajstić information content (AvgIpc) is 2.58. The molecule has 6 heteroatoms. The number of rotatable bonds is 6. The zero-order chi connectivity index (χ0) is 20.3. The average molecular weight is 369 g/mol. The van der Waals surface area contributed by atoms with Crippen molar-refractivity contribution in [2.75, 3.05) is 7.11 Å². The lowest BCUT2D eigenvalue weighted by molar-refractivity contribution is 0.122. The Balaban J connectivity index is 2.94. The quantitative estimate of drug-likeness (QED) is 0.784. The molecule has 1 atom stereocenters. The van der Waals surface area contributed by atoms with E-state index in [4.69, 9.17) is 4.74 Å². The van der Waals surface area contributed by atoms with E-state index in [1.807, 2.05) is 52.8 Å². The van der Waals surface area contributed by atoms with Gasteiger partial charge in [-0.05, 0) is 32.3 Å². The number of aromatic nitrogens is 2. The van der Waals surface area contributed by atoms with E-state index in [9.17, 15) is 14.9 Å². The number of ether oxygens (including phenoxy) is 1. The first-order chi connectivity index (χ1) is 12.8. The SMILES string of the molecule is CCn1c(C(C#N)c2cc(C)cc(C)c2)c(C(C)C)c(=O)n(COC)c1=O. The fraction of sp³-hybridized carbons (Fsp3) is 0.476. The normalized spacial score (nSPS) is 12.2. The summed E-state index contributed by atoms with van der Waals surface area (Å²) in [6.07, 6.45) is 0. The van der Waals surface area contributed by atoms with Crippen LogP contribution >= 0.6 is 0 Å². The van der Waals surface area contributed by atoms with Crippen molar-refractivity contribution in [2.24, 2.45) is 0 Å². The summed E-state index contributed by atoms with van der Waals surface area (Å²) in [5, 5.41) is 10.00. The van der Waals surface area contributed by atoms with Crippen molar-refractivity contribution in [1.29, 1.82) is 5.26 Å². The first kappa shape index (κ1) is 20.7. The Morgan fingerprint density at radius 1 is 1.11 bits per heavy atom. The second-order valence-corrected chi connectivity index (χ2v) is 7.11. The van der Waals surface area contributed by atoms with Crippen molar-refractivity contribution in [3.63, 3.8) is 0 Å². The third-order valence-electron chi connectivity index (χ3n) is 4.64.